The number of hydrogen-bond acceptors (Lipinski definition) is 3. The molecule has 0 fully saturated rings. The van der Waals surface area contributed by atoms with Crippen molar-refractivity contribution in [3.63, 3.8) is 0 Å². The monoisotopic (exact) mass is 172 g/mol. The number of aromatic nitrogens is 1. The van der Waals surface area contributed by atoms with Crippen LogP contribution in [0.2, 0.25) is 5.15 Å². The number of hydrogen-bond donors (Lipinski definition) is 0. The third-order valence-corrected chi connectivity index (χ3v) is 1.31. The highest BCUT2D eigenvalue weighted by atomic mass is 35.5. The molecular formula is C6H5ClN2O2. The van der Waals surface area contributed by atoms with Gasteiger partial charge in [0, 0.05) is 16.7 Å². The second-order valence-corrected chi connectivity index (χ2v) is 2.36. The molecule has 4 nitrogen and oxygen atoms in total. The van der Waals surface area contributed by atoms with Gasteiger partial charge in [-0.15, -0.1) is 0 Å². The van der Waals surface area contributed by atoms with Crippen LogP contribution in [-0.2, 0) is 6.54 Å². The lowest BCUT2D eigenvalue weighted by atomic mass is 10.3. The normalized spacial score (nSPS) is 9.55. The summed E-state index contributed by atoms with van der Waals surface area (Å²) < 4.78 is 0. The molecule has 11 heavy (non-hydrogen) atoms. The van der Waals surface area contributed by atoms with Crippen molar-refractivity contribution in [1.29, 1.82) is 0 Å². The van der Waals surface area contributed by atoms with Gasteiger partial charge in [-0.25, -0.2) is 4.98 Å². The molecule has 0 aliphatic heterocycles. The van der Waals surface area contributed by atoms with E-state index in [0.717, 1.165) is 0 Å². The van der Waals surface area contributed by atoms with Gasteiger partial charge in [-0.2, -0.15) is 0 Å². The van der Waals surface area contributed by atoms with Crippen LogP contribution in [0.4, 0.5) is 0 Å². The summed E-state index contributed by atoms with van der Waals surface area (Å²) in [4.78, 5) is 13.3. The van der Waals surface area contributed by atoms with Crippen molar-refractivity contribution >= 4 is 11.6 Å². The van der Waals surface area contributed by atoms with E-state index in [4.69, 9.17) is 11.6 Å². The summed E-state index contributed by atoms with van der Waals surface area (Å²) in [6.45, 7) is -0.206. The Balaban J connectivity index is 2.79. The largest absolute Gasteiger partial charge is 0.264 e. The van der Waals surface area contributed by atoms with Gasteiger partial charge in [-0.3, -0.25) is 10.1 Å². The molecule has 5 heteroatoms. The standard InChI is InChI=1S/C6H5ClN2O2/c7-6-3-5(1-2-8-6)4-9(10)11/h1-3H,4H2. The van der Waals surface area contributed by atoms with Crippen molar-refractivity contribution in [2.45, 2.75) is 6.54 Å². The van der Waals surface area contributed by atoms with Crippen molar-refractivity contribution in [2.24, 2.45) is 0 Å². The Kier molecular flexibility index (Phi) is 2.38. The van der Waals surface area contributed by atoms with Crippen LogP contribution < -0.4 is 0 Å². The molecule has 0 N–H and O–H groups in total. The Morgan fingerprint density at radius 1 is 1.73 bits per heavy atom. The Labute approximate surface area is 68.0 Å². The molecule has 0 saturated carbocycles. The molecule has 1 aromatic heterocycles. The lowest BCUT2D eigenvalue weighted by Gasteiger charge is -1.93. The van der Waals surface area contributed by atoms with Crippen LogP contribution in [0.1, 0.15) is 5.56 Å². The third-order valence-electron chi connectivity index (χ3n) is 1.10. The highest BCUT2D eigenvalue weighted by Crippen LogP contribution is 2.07. The average Bonchev–Trinajstić information content (AvgIpc) is 1.85. The van der Waals surface area contributed by atoms with E-state index in [9.17, 15) is 10.1 Å². The van der Waals surface area contributed by atoms with E-state index >= 15 is 0 Å². The number of nitro groups is 1. The van der Waals surface area contributed by atoms with Crippen molar-refractivity contribution in [1.82, 2.24) is 4.98 Å². The molecule has 0 bridgehead atoms. The summed E-state index contributed by atoms with van der Waals surface area (Å²) in [7, 11) is 0. The quantitative estimate of drug-likeness (QED) is 0.386. The van der Waals surface area contributed by atoms with Crippen molar-refractivity contribution < 1.29 is 4.92 Å². The van der Waals surface area contributed by atoms with Gasteiger partial charge in [0.05, 0.1) is 0 Å². The number of halogens is 1. The predicted octanol–water partition coefficient (Wildman–Crippen LogP) is 1.51. The van der Waals surface area contributed by atoms with Gasteiger partial charge in [-0.1, -0.05) is 11.6 Å². The van der Waals surface area contributed by atoms with Gasteiger partial charge in [-0.05, 0) is 12.1 Å². The van der Waals surface area contributed by atoms with Gasteiger partial charge >= 0.3 is 0 Å². The molecule has 0 unspecified atom stereocenters. The van der Waals surface area contributed by atoms with Gasteiger partial charge in [0.1, 0.15) is 5.15 Å². The van der Waals surface area contributed by atoms with E-state index in [0.29, 0.717) is 5.56 Å². The van der Waals surface area contributed by atoms with E-state index in [1.165, 1.54) is 12.3 Å². The van der Waals surface area contributed by atoms with Gasteiger partial charge in [0.2, 0.25) is 6.54 Å². The van der Waals surface area contributed by atoms with Gasteiger partial charge in [0.25, 0.3) is 0 Å². The van der Waals surface area contributed by atoms with Crippen LogP contribution in [0.25, 0.3) is 0 Å². The summed E-state index contributed by atoms with van der Waals surface area (Å²) in [6.07, 6.45) is 1.45. The molecule has 0 aromatic carbocycles. The lowest BCUT2D eigenvalue weighted by molar-refractivity contribution is -0.496. The lowest BCUT2D eigenvalue weighted by Crippen LogP contribution is -1.97. The summed E-state index contributed by atoms with van der Waals surface area (Å²) in [6, 6.07) is 3.04. The Bertz CT molecular complexity index is 277. The highest BCUT2D eigenvalue weighted by Gasteiger charge is 2.00. The molecule has 0 amide bonds. The Morgan fingerprint density at radius 2 is 2.45 bits per heavy atom. The first-order valence-corrected chi connectivity index (χ1v) is 3.28. The first-order valence-electron chi connectivity index (χ1n) is 2.91. The van der Waals surface area contributed by atoms with Gasteiger partial charge < -0.3 is 0 Å². The zero-order chi connectivity index (χ0) is 8.27. The number of pyridine rings is 1. The maximum Gasteiger partial charge on any atom is 0.229 e. The Morgan fingerprint density at radius 3 is 3.00 bits per heavy atom. The minimum Gasteiger partial charge on any atom is -0.264 e. The average molecular weight is 173 g/mol. The highest BCUT2D eigenvalue weighted by molar-refractivity contribution is 6.29. The number of rotatable bonds is 2. The molecule has 1 aromatic rings. The van der Waals surface area contributed by atoms with E-state index in [2.05, 4.69) is 4.98 Å². The van der Waals surface area contributed by atoms with Crippen LogP contribution in [-0.4, -0.2) is 9.91 Å². The Hall–Kier alpha value is -1.16. The zero-order valence-corrected chi connectivity index (χ0v) is 6.28. The summed E-state index contributed by atoms with van der Waals surface area (Å²) >= 11 is 5.49. The fraction of sp³-hybridized carbons (Fsp3) is 0.167. The van der Waals surface area contributed by atoms with Crippen LogP contribution in [0.15, 0.2) is 18.3 Å². The third kappa shape index (κ3) is 2.51. The first kappa shape index (κ1) is 7.94. The predicted molar refractivity (Wildman–Crippen MR) is 39.9 cm³/mol. The van der Waals surface area contributed by atoms with Crippen LogP contribution in [0, 0.1) is 10.1 Å². The molecule has 1 heterocycles. The van der Waals surface area contributed by atoms with Crippen molar-refractivity contribution in [2.75, 3.05) is 0 Å². The van der Waals surface area contributed by atoms with E-state index in [-0.39, 0.29) is 11.7 Å². The molecule has 0 aliphatic carbocycles. The second kappa shape index (κ2) is 3.30. The number of nitrogens with zero attached hydrogens (tertiary/aromatic N) is 2. The smallest absolute Gasteiger partial charge is 0.229 e. The molecule has 58 valence electrons. The van der Waals surface area contributed by atoms with E-state index < -0.39 is 4.92 Å². The van der Waals surface area contributed by atoms with Gasteiger partial charge in [0.15, 0.2) is 0 Å². The van der Waals surface area contributed by atoms with E-state index in [1.807, 2.05) is 0 Å². The topological polar surface area (TPSA) is 56.0 Å². The maximum absolute atomic E-state index is 10.0. The van der Waals surface area contributed by atoms with Crippen LogP contribution in [0.5, 0.6) is 0 Å². The van der Waals surface area contributed by atoms with Crippen molar-refractivity contribution in [3.8, 4) is 0 Å². The molecule has 0 aliphatic rings. The van der Waals surface area contributed by atoms with Crippen LogP contribution in [0.3, 0.4) is 0 Å². The fourth-order valence-electron chi connectivity index (χ4n) is 0.690. The molecule has 0 radical (unpaired) electrons. The van der Waals surface area contributed by atoms with Crippen molar-refractivity contribution in [3.05, 3.63) is 39.2 Å². The second-order valence-electron chi connectivity index (χ2n) is 1.98. The SMILES string of the molecule is O=[N+]([O-])Cc1ccnc(Cl)c1. The zero-order valence-electron chi connectivity index (χ0n) is 5.53. The molecule has 0 atom stereocenters. The molecule has 0 saturated heterocycles. The van der Waals surface area contributed by atoms with Crippen LogP contribution >= 0.6 is 11.6 Å². The summed E-state index contributed by atoms with van der Waals surface area (Å²) in [5.74, 6) is 0. The van der Waals surface area contributed by atoms with E-state index in [1.54, 1.807) is 6.07 Å². The maximum atomic E-state index is 10.0. The molecular weight excluding hydrogens is 168 g/mol. The molecule has 0 spiro atoms. The minimum atomic E-state index is -0.411. The first-order chi connectivity index (χ1) is 5.18. The summed E-state index contributed by atoms with van der Waals surface area (Å²) in [5.41, 5.74) is 0.565. The fourth-order valence-corrected chi connectivity index (χ4v) is 0.886. The molecule has 1 rings (SSSR count). The summed E-state index contributed by atoms with van der Waals surface area (Å²) in [5, 5.41) is 10.3. The minimum absolute atomic E-state index is 0.206.